The highest BCUT2D eigenvalue weighted by Gasteiger charge is 2.34. The lowest BCUT2D eigenvalue weighted by Gasteiger charge is -2.36. The maximum Gasteiger partial charge on any atom is 0.244 e. The van der Waals surface area contributed by atoms with Crippen LogP contribution in [0.5, 0.6) is 0 Å². The number of hydrogen-bond acceptors (Lipinski definition) is 5. The highest BCUT2D eigenvalue weighted by molar-refractivity contribution is 7.89. The van der Waals surface area contributed by atoms with Crippen molar-refractivity contribution in [1.29, 1.82) is 0 Å². The highest BCUT2D eigenvalue weighted by Crippen LogP contribution is 2.31. The zero-order valence-corrected chi connectivity index (χ0v) is 12.8. The van der Waals surface area contributed by atoms with E-state index in [9.17, 15) is 13.5 Å². The number of rotatable bonds is 5. The van der Waals surface area contributed by atoms with E-state index in [4.69, 9.17) is 0 Å². The summed E-state index contributed by atoms with van der Waals surface area (Å²) < 4.78 is 26.2. The van der Waals surface area contributed by atoms with E-state index in [1.807, 2.05) is 0 Å². The molecule has 1 saturated heterocycles. The van der Waals surface area contributed by atoms with Crippen LogP contribution in [0.3, 0.4) is 0 Å². The summed E-state index contributed by atoms with van der Waals surface area (Å²) in [7, 11) is -3.40. The quantitative estimate of drug-likeness (QED) is 0.853. The van der Waals surface area contributed by atoms with E-state index in [0.717, 1.165) is 32.1 Å². The topological polar surface area (TPSA) is 82.5 Å². The lowest BCUT2D eigenvalue weighted by molar-refractivity contribution is -0.0202. The summed E-state index contributed by atoms with van der Waals surface area (Å²) in [5, 5.41) is 13.1. The molecule has 0 spiro atoms. The van der Waals surface area contributed by atoms with Gasteiger partial charge in [-0.1, -0.05) is 0 Å². The van der Waals surface area contributed by atoms with Crippen LogP contribution >= 0.6 is 0 Å². The van der Waals surface area contributed by atoms with E-state index in [1.54, 1.807) is 12.1 Å². The SMILES string of the molecule is O=S(=O)(c1ccc(NCC2(O)CCC2)nc1)N1CCCC1. The largest absolute Gasteiger partial charge is 0.388 e. The molecular formula is C14H21N3O3S. The zero-order valence-electron chi connectivity index (χ0n) is 12.0. The van der Waals surface area contributed by atoms with Gasteiger partial charge in [-0.3, -0.25) is 0 Å². The van der Waals surface area contributed by atoms with Crippen LogP contribution < -0.4 is 5.32 Å². The molecule has 0 amide bonds. The third-order valence-electron chi connectivity index (χ3n) is 4.32. The first-order valence-corrected chi connectivity index (χ1v) is 8.86. The predicted molar refractivity (Wildman–Crippen MR) is 79.5 cm³/mol. The fourth-order valence-corrected chi connectivity index (χ4v) is 4.19. The van der Waals surface area contributed by atoms with Crippen molar-refractivity contribution in [3.63, 3.8) is 0 Å². The second kappa shape index (κ2) is 5.55. The van der Waals surface area contributed by atoms with Gasteiger partial charge in [0.25, 0.3) is 0 Å². The average Bonchev–Trinajstić information content (AvgIpc) is 2.98. The molecule has 2 heterocycles. The molecule has 21 heavy (non-hydrogen) atoms. The molecule has 0 radical (unpaired) electrons. The molecule has 6 nitrogen and oxygen atoms in total. The average molecular weight is 311 g/mol. The molecule has 1 aromatic heterocycles. The van der Waals surface area contributed by atoms with E-state index in [1.165, 1.54) is 10.5 Å². The van der Waals surface area contributed by atoms with Crippen LogP contribution in [-0.4, -0.2) is 48.0 Å². The number of anilines is 1. The second-order valence-corrected chi connectivity index (χ2v) is 7.86. The second-order valence-electron chi connectivity index (χ2n) is 5.92. The van der Waals surface area contributed by atoms with Gasteiger partial charge in [0.2, 0.25) is 10.0 Å². The minimum absolute atomic E-state index is 0.234. The van der Waals surface area contributed by atoms with E-state index in [-0.39, 0.29) is 4.90 Å². The third-order valence-corrected chi connectivity index (χ3v) is 6.20. The smallest absolute Gasteiger partial charge is 0.244 e. The summed E-state index contributed by atoms with van der Waals surface area (Å²) in [6, 6.07) is 3.23. The van der Waals surface area contributed by atoms with E-state index < -0.39 is 15.6 Å². The Balaban J connectivity index is 1.66. The molecule has 7 heteroatoms. The number of hydrogen-bond donors (Lipinski definition) is 2. The van der Waals surface area contributed by atoms with Crippen molar-refractivity contribution in [3.05, 3.63) is 18.3 Å². The minimum Gasteiger partial charge on any atom is -0.388 e. The Morgan fingerprint density at radius 3 is 2.48 bits per heavy atom. The lowest BCUT2D eigenvalue weighted by Crippen LogP contribution is -2.43. The molecule has 0 aromatic carbocycles. The Bertz CT molecular complexity index is 590. The van der Waals surface area contributed by atoms with E-state index in [0.29, 0.717) is 25.5 Å². The maximum atomic E-state index is 12.3. The number of aromatic nitrogens is 1. The Kier molecular flexibility index (Phi) is 3.90. The van der Waals surface area contributed by atoms with Gasteiger partial charge in [0.05, 0.1) is 5.60 Å². The molecule has 0 bridgehead atoms. The van der Waals surface area contributed by atoms with Crippen LogP contribution in [0.2, 0.25) is 0 Å². The van der Waals surface area contributed by atoms with Gasteiger partial charge in [0.15, 0.2) is 0 Å². The van der Waals surface area contributed by atoms with Gasteiger partial charge in [-0.25, -0.2) is 13.4 Å². The molecule has 1 aliphatic heterocycles. The van der Waals surface area contributed by atoms with Gasteiger partial charge in [-0.05, 0) is 44.2 Å². The summed E-state index contributed by atoms with van der Waals surface area (Å²) in [6.45, 7) is 1.64. The molecule has 1 aromatic rings. The molecule has 2 aliphatic rings. The molecule has 0 atom stereocenters. The molecule has 0 unspecified atom stereocenters. The predicted octanol–water partition coefficient (Wildman–Crippen LogP) is 1.19. The number of aliphatic hydroxyl groups is 1. The summed E-state index contributed by atoms with van der Waals surface area (Å²) in [5.74, 6) is 0.593. The summed E-state index contributed by atoms with van der Waals surface area (Å²) in [4.78, 5) is 4.38. The summed E-state index contributed by atoms with van der Waals surface area (Å²) in [5.41, 5.74) is -0.623. The summed E-state index contributed by atoms with van der Waals surface area (Å²) >= 11 is 0. The van der Waals surface area contributed by atoms with Crippen LogP contribution in [0.25, 0.3) is 0 Å². The van der Waals surface area contributed by atoms with Gasteiger partial charge >= 0.3 is 0 Å². The molecule has 2 fully saturated rings. The van der Waals surface area contributed by atoms with E-state index >= 15 is 0 Å². The van der Waals surface area contributed by atoms with Gasteiger partial charge in [-0.2, -0.15) is 4.31 Å². The normalized spacial score (nSPS) is 22.0. The first-order chi connectivity index (χ1) is 10.00. The van der Waals surface area contributed by atoms with Crippen LogP contribution in [-0.2, 0) is 10.0 Å². The van der Waals surface area contributed by atoms with Crippen molar-refractivity contribution in [2.75, 3.05) is 25.0 Å². The number of nitrogens with one attached hydrogen (secondary N) is 1. The molecule has 2 N–H and O–H groups in total. The first kappa shape index (κ1) is 14.7. The fraction of sp³-hybridized carbons (Fsp3) is 0.643. The molecule has 3 rings (SSSR count). The third kappa shape index (κ3) is 3.04. The monoisotopic (exact) mass is 311 g/mol. The van der Waals surface area contributed by atoms with Crippen molar-refractivity contribution in [3.8, 4) is 0 Å². The molecule has 1 aliphatic carbocycles. The van der Waals surface area contributed by atoms with Crippen LogP contribution in [0.15, 0.2) is 23.2 Å². The van der Waals surface area contributed by atoms with Crippen LogP contribution in [0.1, 0.15) is 32.1 Å². The molecule has 1 saturated carbocycles. The Labute approximate surface area is 125 Å². The number of pyridine rings is 1. The van der Waals surface area contributed by atoms with Crippen molar-refractivity contribution < 1.29 is 13.5 Å². The van der Waals surface area contributed by atoms with E-state index in [2.05, 4.69) is 10.3 Å². The number of nitrogens with zero attached hydrogens (tertiary/aromatic N) is 2. The van der Waals surface area contributed by atoms with Crippen LogP contribution in [0, 0.1) is 0 Å². The first-order valence-electron chi connectivity index (χ1n) is 7.42. The highest BCUT2D eigenvalue weighted by atomic mass is 32.2. The van der Waals surface area contributed by atoms with Gasteiger partial charge in [0, 0.05) is 25.8 Å². The summed E-state index contributed by atoms with van der Waals surface area (Å²) in [6.07, 6.45) is 5.90. The van der Waals surface area contributed by atoms with Crippen molar-refractivity contribution in [1.82, 2.24) is 9.29 Å². The van der Waals surface area contributed by atoms with Gasteiger partial charge < -0.3 is 10.4 Å². The Hall–Kier alpha value is -1.18. The van der Waals surface area contributed by atoms with Crippen molar-refractivity contribution >= 4 is 15.8 Å². The maximum absolute atomic E-state index is 12.3. The Morgan fingerprint density at radius 2 is 1.95 bits per heavy atom. The van der Waals surface area contributed by atoms with Gasteiger partial charge in [-0.15, -0.1) is 0 Å². The van der Waals surface area contributed by atoms with Crippen molar-refractivity contribution in [2.45, 2.75) is 42.6 Å². The minimum atomic E-state index is -3.40. The lowest BCUT2D eigenvalue weighted by atomic mass is 9.80. The fourth-order valence-electron chi connectivity index (χ4n) is 2.73. The van der Waals surface area contributed by atoms with Crippen LogP contribution in [0.4, 0.5) is 5.82 Å². The molecule has 116 valence electrons. The van der Waals surface area contributed by atoms with Crippen molar-refractivity contribution in [2.24, 2.45) is 0 Å². The zero-order chi connectivity index (χ0) is 14.9. The Morgan fingerprint density at radius 1 is 1.24 bits per heavy atom. The van der Waals surface area contributed by atoms with Gasteiger partial charge in [0.1, 0.15) is 10.7 Å². The number of sulfonamides is 1. The standard InChI is InChI=1S/C14H21N3O3S/c18-14(6-3-7-14)11-16-13-5-4-12(10-15-13)21(19,20)17-8-1-2-9-17/h4-5,10,18H,1-3,6-9,11H2,(H,15,16). The molecular weight excluding hydrogens is 290 g/mol.